The van der Waals surface area contributed by atoms with Crippen molar-refractivity contribution in [2.24, 2.45) is 0 Å². The summed E-state index contributed by atoms with van der Waals surface area (Å²) in [6.07, 6.45) is -0.131. The van der Waals surface area contributed by atoms with Crippen molar-refractivity contribution in [1.29, 1.82) is 0 Å². The third-order valence-electron chi connectivity index (χ3n) is 4.66. The minimum atomic E-state index is -0.586. The number of benzene rings is 2. The predicted molar refractivity (Wildman–Crippen MR) is 99.8 cm³/mol. The van der Waals surface area contributed by atoms with Crippen LogP contribution >= 0.6 is 0 Å². The molecule has 0 saturated carbocycles. The van der Waals surface area contributed by atoms with Crippen LogP contribution in [-0.4, -0.2) is 42.5 Å². The molecule has 26 heavy (non-hydrogen) atoms. The van der Waals surface area contributed by atoms with E-state index in [4.69, 9.17) is 4.74 Å². The summed E-state index contributed by atoms with van der Waals surface area (Å²) in [4.78, 5) is 27.0. The van der Waals surface area contributed by atoms with Crippen LogP contribution in [0.5, 0.6) is 0 Å². The maximum absolute atomic E-state index is 12.8. The first-order valence-corrected chi connectivity index (χ1v) is 8.88. The van der Waals surface area contributed by atoms with E-state index >= 15 is 0 Å². The second-order valence-electron chi connectivity index (χ2n) is 6.56. The van der Waals surface area contributed by atoms with Crippen LogP contribution in [0.2, 0.25) is 0 Å². The fraction of sp³-hybridized carbons (Fsp3) is 0.333. The number of hydrogen-bond acceptors (Lipinski definition) is 3. The van der Waals surface area contributed by atoms with Gasteiger partial charge in [0.1, 0.15) is 12.1 Å². The Morgan fingerprint density at radius 3 is 2.54 bits per heavy atom. The first kappa shape index (κ1) is 18.1. The van der Waals surface area contributed by atoms with Gasteiger partial charge in [0.15, 0.2) is 0 Å². The van der Waals surface area contributed by atoms with Gasteiger partial charge in [-0.2, -0.15) is 0 Å². The summed E-state index contributed by atoms with van der Waals surface area (Å²) < 4.78 is 5.81. The van der Waals surface area contributed by atoms with Crippen molar-refractivity contribution < 1.29 is 14.3 Å². The molecule has 136 valence electrons. The maximum atomic E-state index is 12.8. The van der Waals surface area contributed by atoms with Crippen LogP contribution in [0.3, 0.4) is 0 Å². The van der Waals surface area contributed by atoms with E-state index in [-0.39, 0.29) is 17.9 Å². The van der Waals surface area contributed by atoms with Crippen molar-refractivity contribution in [3.05, 3.63) is 71.3 Å². The smallest absolute Gasteiger partial charge is 0.252 e. The minimum Gasteiger partial charge on any atom is -0.370 e. The van der Waals surface area contributed by atoms with Crippen LogP contribution in [0.15, 0.2) is 54.6 Å². The average Bonchev–Trinajstić information content (AvgIpc) is 2.68. The third-order valence-corrected chi connectivity index (χ3v) is 4.66. The quantitative estimate of drug-likeness (QED) is 0.920. The molecule has 5 heteroatoms. The number of nitrogens with zero attached hydrogens (tertiary/aromatic N) is 1. The largest absolute Gasteiger partial charge is 0.370 e. The lowest BCUT2D eigenvalue weighted by atomic mass is 10.1. The highest BCUT2D eigenvalue weighted by atomic mass is 16.5. The molecule has 2 atom stereocenters. The monoisotopic (exact) mass is 352 g/mol. The normalized spacial score (nSPS) is 18.2. The van der Waals surface area contributed by atoms with E-state index in [1.54, 1.807) is 17.9 Å². The van der Waals surface area contributed by atoms with Crippen molar-refractivity contribution in [3.63, 3.8) is 0 Å². The zero-order valence-electron chi connectivity index (χ0n) is 15.1. The number of hydrogen-bond donors (Lipinski definition) is 1. The van der Waals surface area contributed by atoms with Gasteiger partial charge in [0.05, 0.1) is 13.2 Å². The number of ether oxygens (including phenoxy) is 1. The lowest BCUT2D eigenvalue weighted by molar-refractivity contribution is -0.140. The number of nitrogens with one attached hydrogen (secondary N) is 1. The number of carbonyl (C=O) groups is 2. The molecule has 1 aliphatic rings. The summed E-state index contributed by atoms with van der Waals surface area (Å²) in [7, 11) is 0. The van der Waals surface area contributed by atoms with Gasteiger partial charge in [-0.3, -0.25) is 9.59 Å². The summed E-state index contributed by atoms with van der Waals surface area (Å²) in [6.45, 7) is 5.13. The number of rotatable bonds is 4. The first-order chi connectivity index (χ1) is 12.6. The summed E-state index contributed by atoms with van der Waals surface area (Å²) in [6, 6.07) is 16.7. The van der Waals surface area contributed by atoms with Crippen molar-refractivity contribution in [1.82, 2.24) is 10.2 Å². The van der Waals surface area contributed by atoms with E-state index in [9.17, 15) is 9.59 Å². The maximum Gasteiger partial charge on any atom is 0.252 e. The molecule has 0 aliphatic carbocycles. The SMILES string of the molecule is Cc1ccccc1C(=O)N[C@@H](C)C(=O)N1CCOC(c2ccccc2)C1. The standard InChI is InChI=1S/C21H24N2O3/c1-15-8-6-7-11-18(15)20(24)22-16(2)21(25)23-12-13-26-19(14-23)17-9-4-3-5-10-17/h3-11,16,19H,12-14H2,1-2H3,(H,22,24)/t16-,19?/m0/s1. The topological polar surface area (TPSA) is 58.6 Å². The molecule has 0 spiro atoms. The minimum absolute atomic E-state index is 0.0869. The fourth-order valence-electron chi connectivity index (χ4n) is 3.16. The molecule has 2 aromatic rings. The second kappa shape index (κ2) is 8.15. The lowest BCUT2D eigenvalue weighted by Gasteiger charge is -2.34. The van der Waals surface area contributed by atoms with Gasteiger partial charge in [0.2, 0.25) is 5.91 Å². The highest BCUT2D eigenvalue weighted by Gasteiger charge is 2.29. The van der Waals surface area contributed by atoms with Gasteiger partial charge in [-0.05, 0) is 31.0 Å². The molecule has 5 nitrogen and oxygen atoms in total. The Bertz CT molecular complexity index is 776. The second-order valence-corrected chi connectivity index (χ2v) is 6.56. The Balaban J connectivity index is 1.63. The molecule has 0 bridgehead atoms. The van der Waals surface area contributed by atoms with E-state index in [1.165, 1.54) is 0 Å². The van der Waals surface area contributed by atoms with Gasteiger partial charge < -0.3 is 15.0 Å². The molecular weight excluding hydrogens is 328 g/mol. The molecule has 2 amide bonds. The number of amides is 2. The van der Waals surface area contributed by atoms with Gasteiger partial charge in [-0.15, -0.1) is 0 Å². The fourth-order valence-corrected chi connectivity index (χ4v) is 3.16. The molecule has 1 heterocycles. The summed E-state index contributed by atoms with van der Waals surface area (Å²) in [5, 5.41) is 2.82. The molecule has 3 rings (SSSR count). The highest BCUT2D eigenvalue weighted by molar-refractivity contribution is 5.98. The molecule has 0 radical (unpaired) electrons. The van der Waals surface area contributed by atoms with E-state index in [1.807, 2.05) is 55.5 Å². The highest BCUT2D eigenvalue weighted by Crippen LogP contribution is 2.22. The van der Waals surface area contributed by atoms with Gasteiger partial charge in [0, 0.05) is 12.1 Å². The van der Waals surface area contributed by atoms with Crippen LogP contribution in [-0.2, 0) is 9.53 Å². The summed E-state index contributed by atoms with van der Waals surface area (Å²) >= 11 is 0. The zero-order valence-corrected chi connectivity index (χ0v) is 15.1. The molecule has 1 aliphatic heterocycles. The van der Waals surface area contributed by atoms with Crippen LogP contribution in [0.4, 0.5) is 0 Å². The van der Waals surface area contributed by atoms with Crippen LogP contribution in [0.1, 0.15) is 34.5 Å². The van der Waals surface area contributed by atoms with Crippen LogP contribution in [0.25, 0.3) is 0 Å². The Morgan fingerprint density at radius 2 is 1.81 bits per heavy atom. The lowest BCUT2D eigenvalue weighted by Crippen LogP contribution is -2.51. The Morgan fingerprint density at radius 1 is 1.12 bits per heavy atom. The van der Waals surface area contributed by atoms with E-state index in [0.717, 1.165) is 11.1 Å². The average molecular weight is 352 g/mol. The molecule has 1 saturated heterocycles. The van der Waals surface area contributed by atoms with Crippen LogP contribution in [0, 0.1) is 6.92 Å². The van der Waals surface area contributed by atoms with Gasteiger partial charge in [0.25, 0.3) is 5.91 Å². The van der Waals surface area contributed by atoms with Crippen LogP contribution < -0.4 is 5.32 Å². The third kappa shape index (κ3) is 4.11. The summed E-state index contributed by atoms with van der Waals surface area (Å²) in [5.41, 5.74) is 2.54. The van der Waals surface area contributed by atoms with Gasteiger partial charge in [-0.25, -0.2) is 0 Å². The van der Waals surface area contributed by atoms with Crippen molar-refractivity contribution in [2.75, 3.05) is 19.7 Å². The summed E-state index contributed by atoms with van der Waals surface area (Å²) in [5.74, 6) is -0.312. The van der Waals surface area contributed by atoms with Gasteiger partial charge >= 0.3 is 0 Å². The molecule has 1 fully saturated rings. The Labute approximate surface area is 154 Å². The van der Waals surface area contributed by atoms with Gasteiger partial charge in [-0.1, -0.05) is 48.5 Å². The predicted octanol–water partition coefficient (Wildman–Crippen LogP) is 2.71. The molecule has 1 N–H and O–H groups in total. The molecule has 2 aromatic carbocycles. The number of morpholine rings is 1. The zero-order chi connectivity index (χ0) is 18.5. The van der Waals surface area contributed by atoms with E-state index in [2.05, 4.69) is 5.32 Å². The number of carbonyl (C=O) groups excluding carboxylic acids is 2. The number of aryl methyl sites for hydroxylation is 1. The Hall–Kier alpha value is -2.66. The van der Waals surface area contributed by atoms with Crippen molar-refractivity contribution in [3.8, 4) is 0 Å². The van der Waals surface area contributed by atoms with Crippen molar-refractivity contribution >= 4 is 11.8 Å². The molecular formula is C21H24N2O3. The van der Waals surface area contributed by atoms with E-state index in [0.29, 0.717) is 25.3 Å². The molecule has 0 aromatic heterocycles. The Kier molecular flexibility index (Phi) is 5.68. The van der Waals surface area contributed by atoms with E-state index < -0.39 is 6.04 Å². The first-order valence-electron chi connectivity index (χ1n) is 8.88. The van der Waals surface area contributed by atoms with Crippen molar-refractivity contribution in [2.45, 2.75) is 26.0 Å². The molecule has 1 unspecified atom stereocenters.